The van der Waals surface area contributed by atoms with Gasteiger partial charge in [-0.15, -0.1) is 0 Å². The van der Waals surface area contributed by atoms with Gasteiger partial charge in [0.2, 0.25) is 0 Å². The van der Waals surface area contributed by atoms with Crippen LogP contribution in [0.4, 0.5) is 0 Å². The van der Waals surface area contributed by atoms with Crippen molar-refractivity contribution in [1.29, 1.82) is 0 Å². The summed E-state index contributed by atoms with van der Waals surface area (Å²) in [5.74, 6) is -0.378. The van der Waals surface area contributed by atoms with Crippen molar-refractivity contribution in [2.24, 2.45) is 0 Å². The molecule has 0 bridgehead atoms. The molecule has 1 aromatic carbocycles. The van der Waals surface area contributed by atoms with E-state index in [2.05, 4.69) is 4.74 Å². The van der Waals surface area contributed by atoms with Gasteiger partial charge < -0.3 is 4.74 Å². The molecule has 2 nitrogen and oxygen atoms in total. The van der Waals surface area contributed by atoms with Crippen LogP contribution < -0.4 is 0 Å². The van der Waals surface area contributed by atoms with Crippen molar-refractivity contribution in [3.05, 3.63) is 41.0 Å². The third-order valence-corrected chi connectivity index (χ3v) is 2.40. The molecule has 0 heterocycles. The largest absolute Gasteiger partial charge is 0.433 e. The predicted octanol–water partition coefficient (Wildman–Crippen LogP) is 3.38. The summed E-state index contributed by atoms with van der Waals surface area (Å²) >= 11 is 7.14. The lowest BCUT2D eigenvalue weighted by Gasteiger charge is -1.98. The van der Waals surface area contributed by atoms with E-state index in [1.54, 1.807) is 0 Å². The van der Waals surface area contributed by atoms with Crippen LogP contribution in [0, 0.1) is 0 Å². The molecule has 0 aliphatic rings. The van der Waals surface area contributed by atoms with E-state index in [0.717, 1.165) is 4.90 Å². The van der Waals surface area contributed by atoms with Crippen molar-refractivity contribution in [3.63, 3.8) is 0 Å². The van der Waals surface area contributed by atoms with Crippen LogP contribution in [0.2, 0.25) is 0 Å². The maximum atomic E-state index is 10.5. The topological polar surface area (TPSA) is 26.3 Å². The minimum absolute atomic E-state index is 0.378. The van der Waals surface area contributed by atoms with E-state index in [9.17, 15) is 4.79 Å². The van der Waals surface area contributed by atoms with Gasteiger partial charge in [-0.3, -0.25) is 4.79 Å². The van der Waals surface area contributed by atoms with Gasteiger partial charge in [0.1, 0.15) is 10.6 Å². The zero-order valence-corrected chi connectivity index (χ0v) is 9.14. The zero-order chi connectivity index (χ0) is 10.4. The van der Waals surface area contributed by atoms with E-state index in [4.69, 9.17) is 11.6 Å². The fraction of sp³-hybridized carbons (Fsp3) is 0.100. The average molecular weight is 229 g/mol. The minimum Gasteiger partial charge on any atom is -0.433 e. The Morgan fingerprint density at radius 2 is 2.07 bits per heavy atom. The Labute approximate surface area is 91.9 Å². The lowest BCUT2D eigenvalue weighted by atomic mass is 10.4. The molecule has 14 heavy (non-hydrogen) atoms. The van der Waals surface area contributed by atoms with Gasteiger partial charge in [-0.05, 0) is 12.1 Å². The first-order chi connectivity index (χ1) is 6.68. The van der Waals surface area contributed by atoms with Crippen molar-refractivity contribution in [2.45, 2.75) is 11.8 Å². The zero-order valence-electron chi connectivity index (χ0n) is 7.57. The normalized spacial score (nSPS) is 11.1. The molecule has 0 amide bonds. The van der Waals surface area contributed by atoms with Crippen molar-refractivity contribution >= 4 is 29.3 Å². The summed E-state index contributed by atoms with van der Waals surface area (Å²) < 4.78 is 5.04. The standard InChI is InChI=1S/C10H9ClO2S/c1-8(12)13-7-10(11)14-9-5-3-2-4-6-9/h2-7H,1H3/b10-7+. The van der Waals surface area contributed by atoms with E-state index in [0.29, 0.717) is 4.36 Å². The highest BCUT2D eigenvalue weighted by Gasteiger charge is 1.97. The Kier molecular flexibility index (Phi) is 4.56. The van der Waals surface area contributed by atoms with Crippen LogP contribution in [-0.2, 0) is 9.53 Å². The maximum Gasteiger partial charge on any atom is 0.307 e. The van der Waals surface area contributed by atoms with Crippen LogP contribution in [0.1, 0.15) is 6.92 Å². The summed E-state index contributed by atoms with van der Waals surface area (Å²) in [6.45, 7) is 1.33. The molecule has 74 valence electrons. The van der Waals surface area contributed by atoms with Gasteiger partial charge in [0, 0.05) is 11.8 Å². The summed E-state index contributed by atoms with van der Waals surface area (Å²) in [5, 5.41) is 0. The van der Waals surface area contributed by atoms with Crippen LogP contribution in [0.25, 0.3) is 0 Å². The molecule has 4 heteroatoms. The summed E-state index contributed by atoms with van der Waals surface area (Å²) in [6.07, 6.45) is 1.24. The highest BCUT2D eigenvalue weighted by Crippen LogP contribution is 2.28. The van der Waals surface area contributed by atoms with E-state index in [-0.39, 0.29) is 5.97 Å². The number of rotatable bonds is 3. The highest BCUT2D eigenvalue weighted by atomic mass is 35.5. The maximum absolute atomic E-state index is 10.5. The second-order valence-corrected chi connectivity index (χ2v) is 4.19. The van der Waals surface area contributed by atoms with E-state index < -0.39 is 0 Å². The van der Waals surface area contributed by atoms with Gasteiger partial charge in [-0.1, -0.05) is 41.6 Å². The molecule has 0 saturated carbocycles. The van der Waals surface area contributed by atoms with E-state index in [1.165, 1.54) is 24.9 Å². The molecule has 0 radical (unpaired) electrons. The summed E-state index contributed by atoms with van der Waals surface area (Å²) in [7, 11) is 0. The molecule has 1 rings (SSSR count). The first-order valence-corrected chi connectivity index (χ1v) is 5.14. The number of thioether (sulfide) groups is 1. The number of ether oxygens (including phenoxy) is 1. The molecule has 0 unspecified atom stereocenters. The first-order valence-electron chi connectivity index (χ1n) is 3.94. The number of esters is 1. The van der Waals surface area contributed by atoms with Crippen LogP contribution >= 0.6 is 23.4 Å². The number of carbonyl (C=O) groups is 1. The molecule has 1 aromatic rings. The number of carbonyl (C=O) groups excluding carboxylic acids is 1. The van der Waals surface area contributed by atoms with E-state index >= 15 is 0 Å². The van der Waals surface area contributed by atoms with E-state index in [1.807, 2.05) is 30.3 Å². The third-order valence-electron chi connectivity index (χ3n) is 1.28. The Bertz CT molecular complexity index is 335. The van der Waals surface area contributed by atoms with Gasteiger partial charge in [0.05, 0.1) is 0 Å². The molecule has 0 spiro atoms. The van der Waals surface area contributed by atoms with Gasteiger partial charge in [-0.2, -0.15) is 0 Å². The van der Waals surface area contributed by atoms with Gasteiger partial charge in [0.15, 0.2) is 0 Å². The van der Waals surface area contributed by atoms with Crippen LogP contribution in [0.5, 0.6) is 0 Å². The molecule has 0 saturated heterocycles. The van der Waals surface area contributed by atoms with Crippen molar-refractivity contribution in [2.75, 3.05) is 0 Å². The summed E-state index contributed by atoms with van der Waals surface area (Å²) in [6, 6.07) is 9.60. The third kappa shape index (κ3) is 4.35. The van der Waals surface area contributed by atoms with Crippen molar-refractivity contribution < 1.29 is 9.53 Å². The Morgan fingerprint density at radius 1 is 1.43 bits per heavy atom. The fourth-order valence-electron chi connectivity index (χ4n) is 0.754. The number of benzene rings is 1. The second-order valence-electron chi connectivity index (χ2n) is 2.45. The van der Waals surface area contributed by atoms with Crippen LogP contribution in [0.3, 0.4) is 0 Å². The van der Waals surface area contributed by atoms with Gasteiger partial charge in [0.25, 0.3) is 0 Å². The smallest absolute Gasteiger partial charge is 0.307 e. The van der Waals surface area contributed by atoms with Gasteiger partial charge in [-0.25, -0.2) is 0 Å². The van der Waals surface area contributed by atoms with Crippen molar-refractivity contribution in [1.82, 2.24) is 0 Å². The van der Waals surface area contributed by atoms with Gasteiger partial charge >= 0.3 is 5.97 Å². The fourth-order valence-corrected chi connectivity index (χ4v) is 1.68. The molecule has 0 atom stereocenters. The van der Waals surface area contributed by atoms with Crippen LogP contribution in [0.15, 0.2) is 45.9 Å². The average Bonchev–Trinajstić information content (AvgIpc) is 2.16. The van der Waals surface area contributed by atoms with Crippen molar-refractivity contribution in [3.8, 4) is 0 Å². The first kappa shape index (κ1) is 11.1. The minimum atomic E-state index is -0.378. The molecular weight excluding hydrogens is 220 g/mol. The summed E-state index contributed by atoms with van der Waals surface area (Å²) in [4.78, 5) is 11.5. The Hall–Kier alpha value is -0.930. The number of hydrogen-bond donors (Lipinski definition) is 0. The number of halogens is 1. The molecule has 0 aromatic heterocycles. The van der Waals surface area contributed by atoms with Crippen LogP contribution in [-0.4, -0.2) is 5.97 Å². The lowest BCUT2D eigenvalue weighted by molar-refractivity contribution is -0.135. The molecule has 0 fully saturated rings. The highest BCUT2D eigenvalue weighted by molar-refractivity contribution is 8.04. The second kappa shape index (κ2) is 5.73. The Morgan fingerprint density at radius 3 is 2.64 bits per heavy atom. The summed E-state index contributed by atoms with van der Waals surface area (Å²) in [5.41, 5.74) is 0. The lowest BCUT2D eigenvalue weighted by Crippen LogP contribution is -1.89. The number of hydrogen-bond acceptors (Lipinski definition) is 3. The monoisotopic (exact) mass is 228 g/mol. The molecule has 0 aliphatic carbocycles. The SMILES string of the molecule is CC(=O)O/C=C(\Cl)Sc1ccccc1. The molecule has 0 aliphatic heterocycles. The predicted molar refractivity (Wildman–Crippen MR) is 58.0 cm³/mol. The Balaban J connectivity index is 2.53. The quantitative estimate of drug-likeness (QED) is 0.451. The molecule has 0 N–H and O–H groups in total. The molecular formula is C10H9ClO2S.